The summed E-state index contributed by atoms with van der Waals surface area (Å²) in [4.78, 5) is 22.7. The molecule has 0 aromatic heterocycles. The average Bonchev–Trinajstić information content (AvgIpc) is 3.05. The van der Waals surface area contributed by atoms with E-state index in [1.54, 1.807) is 13.0 Å². The van der Waals surface area contributed by atoms with Crippen LogP contribution in [0.5, 0.6) is 0 Å². The third-order valence-electron chi connectivity index (χ3n) is 3.20. The van der Waals surface area contributed by atoms with Gasteiger partial charge in [0.25, 0.3) is 5.91 Å². The molecule has 1 amide bonds. The van der Waals surface area contributed by atoms with Crippen molar-refractivity contribution in [2.24, 2.45) is 5.41 Å². The van der Waals surface area contributed by atoms with E-state index >= 15 is 0 Å². The lowest BCUT2D eigenvalue weighted by Crippen LogP contribution is -2.34. The van der Waals surface area contributed by atoms with Gasteiger partial charge in [0.15, 0.2) is 0 Å². The highest BCUT2D eigenvalue weighted by molar-refractivity contribution is 5.94. The van der Waals surface area contributed by atoms with Gasteiger partial charge in [0.2, 0.25) is 0 Å². The van der Waals surface area contributed by atoms with E-state index < -0.39 is 23.1 Å². The van der Waals surface area contributed by atoms with Crippen molar-refractivity contribution in [3.63, 3.8) is 0 Å². The number of carboxylic acid groups (broad SMARTS) is 1. The van der Waals surface area contributed by atoms with Crippen LogP contribution in [0.3, 0.4) is 0 Å². The zero-order valence-electron chi connectivity index (χ0n) is 10.00. The van der Waals surface area contributed by atoms with Gasteiger partial charge >= 0.3 is 5.97 Å². The second-order valence-electron chi connectivity index (χ2n) is 4.79. The summed E-state index contributed by atoms with van der Waals surface area (Å²) in [6.07, 6.45) is 1.15. The summed E-state index contributed by atoms with van der Waals surface area (Å²) in [5.41, 5.74) is 0.0612. The summed E-state index contributed by atoms with van der Waals surface area (Å²) >= 11 is 0. The lowest BCUT2D eigenvalue weighted by Gasteiger charge is -2.11. The molecule has 0 radical (unpaired) electrons. The number of aryl methyl sites for hydroxylation is 1. The maximum Gasteiger partial charge on any atom is 0.311 e. The largest absolute Gasteiger partial charge is 0.481 e. The fourth-order valence-corrected chi connectivity index (χ4v) is 1.84. The molecule has 0 unspecified atom stereocenters. The number of carbonyl (C=O) groups excluding carboxylic acids is 1. The van der Waals surface area contributed by atoms with Crippen LogP contribution < -0.4 is 5.32 Å². The number of aliphatic carboxylic acids is 1. The minimum Gasteiger partial charge on any atom is -0.481 e. The first-order valence-electron chi connectivity index (χ1n) is 5.72. The zero-order valence-corrected chi connectivity index (χ0v) is 10.00. The first-order chi connectivity index (χ1) is 8.43. The molecule has 0 saturated heterocycles. The van der Waals surface area contributed by atoms with E-state index in [1.165, 1.54) is 6.07 Å². The van der Waals surface area contributed by atoms with Crippen LogP contribution in [-0.2, 0) is 4.79 Å². The monoisotopic (exact) mass is 251 g/mol. The molecule has 1 aliphatic carbocycles. The Bertz CT molecular complexity index is 489. The number of carbonyl (C=O) groups is 2. The zero-order chi connectivity index (χ0) is 13.3. The summed E-state index contributed by atoms with van der Waals surface area (Å²) in [6, 6.07) is 4.04. The maximum atomic E-state index is 13.1. The van der Waals surface area contributed by atoms with Gasteiger partial charge in [0.1, 0.15) is 5.82 Å². The highest BCUT2D eigenvalue weighted by atomic mass is 19.1. The van der Waals surface area contributed by atoms with Crippen molar-refractivity contribution in [1.29, 1.82) is 0 Å². The summed E-state index contributed by atoms with van der Waals surface area (Å²) < 4.78 is 13.1. The molecule has 1 fully saturated rings. The Morgan fingerprint density at radius 1 is 1.39 bits per heavy atom. The minimum atomic E-state index is -0.891. The Labute approximate surface area is 104 Å². The van der Waals surface area contributed by atoms with Crippen LogP contribution in [0.1, 0.15) is 28.8 Å². The van der Waals surface area contributed by atoms with E-state index in [9.17, 15) is 14.0 Å². The number of nitrogens with one attached hydrogen (secondary N) is 1. The van der Waals surface area contributed by atoms with E-state index in [-0.39, 0.29) is 12.1 Å². The first-order valence-corrected chi connectivity index (χ1v) is 5.72. The lowest BCUT2D eigenvalue weighted by molar-refractivity contribution is -0.143. The van der Waals surface area contributed by atoms with Gasteiger partial charge in [-0.2, -0.15) is 0 Å². The topological polar surface area (TPSA) is 66.4 Å². The van der Waals surface area contributed by atoms with Crippen molar-refractivity contribution in [2.45, 2.75) is 19.8 Å². The summed E-state index contributed by atoms with van der Waals surface area (Å²) in [5.74, 6) is -1.80. The Balaban J connectivity index is 2.02. The molecule has 0 atom stereocenters. The van der Waals surface area contributed by atoms with Gasteiger partial charge in [0, 0.05) is 12.1 Å². The summed E-state index contributed by atoms with van der Waals surface area (Å²) in [6.45, 7) is 1.79. The molecule has 1 aliphatic rings. The standard InChI is InChI=1S/C13H14FNO3/c1-8-4-9(6-10(14)5-8)11(16)15-7-13(2-3-13)12(17)18/h4-6H,2-3,7H2,1H3,(H,15,16)(H,17,18). The molecule has 0 bridgehead atoms. The van der Waals surface area contributed by atoms with Crippen LogP contribution in [0.2, 0.25) is 0 Å². The normalized spacial score (nSPS) is 16.1. The average molecular weight is 251 g/mol. The molecule has 2 rings (SSSR count). The summed E-state index contributed by atoms with van der Waals surface area (Å²) in [7, 11) is 0. The van der Waals surface area contributed by atoms with Crippen LogP contribution in [0.4, 0.5) is 4.39 Å². The van der Waals surface area contributed by atoms with E-state index in [4.69, 9.17) is 5.11 Å². The SMILES string of the molecule is Cc1cc(F)cc(C(=O)NCC2(C(=O)O)CC2)c1. The van der Waals surface area contributed by atoms with E-state index in [0.717, 1.165) is 6.07 Å². The molecule has 0 heterocycles. The van der Waals surface area contributed by atoms with Crippen LogP contribution in [0.15, 0.2) is 18.2 Å². The molecule has 5 heteroatoms. The molecule has 0 spiro atoms. The Morgan fingerprint density at radius 3 is 2.56 bits per heavy atom. The smallest absolute Gasteiger partial charge is 0.311 e. The molecule has 1 aromatic rings. The van der Waals surface area contributed by atoms with Gasteiger partial charge in [-0.1, -0.05) is 0 Å². The third-order valence-corrected chi connectivity index (χ3v) is 3.20. The van der Waals surface area contributed by atoms with Crippen molar-refractivity contribution in [3.05, 3.63) is 35.1 Å². The van der Waals surface area contributed by atoms with Crippen molar-refractivity contribution >= 4 is 11.9 Å². The van der Waals surface area contributed by atoms with Crippen LogP contribution in [0, 0.1) is 18.2 Å². The Morgan fingerprint density at radius 2 is 2.06 bits per heavy atom. The molecule has 96 valence electrons. The van der Waals surface area contributed by atoms with Gasteiger partial charge in [-0.3, -0.25) is 9.59 Å². The number of hydrogen-bond donors (Lipinski definition) is 2. The van der Waals surface area contributed by atoms with Gasteiger partial charge < -0.3 is 10.4 Å². The van der Waals surface area contributed by atoms with Gasteiger partial charge in [0.05, 0.1) is 5.41 Å². The molecule has 1 saturated carbocycles. The first kappa shape index (κ1) is 12.5. The highest BCUT2D eigenvalue weighted by Crippen LogP contribution is 2.45. The fourth-order valence-electron chi connectivity index (χ4n) is 1.84. The third kappa shape index (κ3) is 2.50. The number of hydrogen-bond acceptors (Lipinski definition) is 2. The predicted molar refractivity (Wildman–Crippen MR) is 62.8 cm³/mol. The van der Waals surface area contributed by atoms with Gasteiger partial charge in [-0.05, 0) is 43.5 Å². The van der Waals surface area contributed by atoms with E-state index in [1.807, 2.05) is 0 Å². The molecule has 0 aliphatic heterocycles. The minimum absolute atomic E-state index is 0.0940. The predicted octanol–water partition coefficient (Wildman–Crippen LogP) is 1.73. The van der Waals surface area contributed by atoms with Crippen molar-refractivity contribution < 1.29 is 19.1 Å². The molecule has 18 heavy (non-hydrogen) atoms. The fraction of sp³-hybridized carbons (Fsp3) is 0.385. The van der Waals surface area contributed by atoms with E-state index in [2.05, 4.69) is 5.32 Å². The number of rotatable bonds is 4. The van der Waals surface area contributed by atoms with E-state index in [0.29, 0.717) is 18.4 Å². The van der Waals surface area contributed by atoms with Crippen LogP contribution in [-0.4, -0.2) is 23.5 Å². The Kier molecular flexibility index (Phi) is 3.07. The number of carboxylic acids is 1. The molecule has 2 N–H and O–H groups in total. The number of benzene rings is 1. The van der Waals surface area contributed by atoms with Crippen molar-refractivity contribution in [3.8, 4) is 0 Å². The second-order valence-corrected chi connectivity index (χ2v) is 4.79. The molecular weight excluding hydrogens is 237 g/mol. The van der Waals surface area contributed by atoms with Crippen molar-refractivity contribution in [2.75, 3.05) is 6.54 Å². The van der Waals surface area contributed by atoms with Crippen molar-refractivity contribution in [1.82, 2.24) is 5.32 Å². The Hall–Kier alpha value is -1.91. The quantitative estimate of drug-likeness (QED) is 0.856. The van der Waals surface area contributed by atoms with Gasteiger partial charge in [-0.25, -0.2) is 4.39 Å². The molecule has 1 aromatic carbocycles. The van der Waals surface area contributed by atoms with Crippen LogP contribution >= 0.6 is 0 Å². The summed E-state index contributed by atoms with van der Waals surface area (Å²) in [5, 5.41) is 11.5. The molecular formula is C13H14FNO3. The second kappa shape index (κ2) is 4.40. The highest BCUT2D eigenvalue weighted by Gasteiger charge is 2.50. The van der Waals surface area contributed by atoms with Gasteiger partial charge in [-0.15, -0.1) is 0 Å². The number of amides is 1. The molecule has 4 nitrogen and oxygen atoms in total. The van der Waals surface area contributed by atoms with Crippen LogP contribution in [0.25, 0.3) is 0 Å². The number of halogens is 1. The maximum absolute atomic E-state index is 13.1. The lowest BCUT2D eigenvalue weighted by atomic mass is 10.1.